The Morgan fingerprint density at radius 2 is 1.73 bits per heavy atom. The van der Waals surface area contributed by atoms with E-state index < -0.39 is 0 Å². The molecule has 1 rings (SSSR count). The van der Waals surface area contributed by atoms with Crippen molar-refractivity contribution in [3.8, 4) is 0 Å². The summed E-state index contributed by atoms with van der Waals surface area (Å²) in [5.41, 5.74) is 1.07. The molecule has 0 fully saturated rings. The van der Waals surface area contributed by atoms with Gasteiger partial charge in [-0.05, 0) is 11.6 Å². The lowest BCUT2D eigenvalue weighted by atomic mass is 10.2. The second kappa shape index (κ2) is 4.45. The molecule has 0 aliphatic rings. The quantitative estimate of drug-likeness (QED) is 0.565. The van der Waals surface area contributed by atoms with Crippen LogP contribution in [0.15, 0.2) is 48.8 Å². The lowest BCUT2D eigenvalue weighted by molar-refractivity contribution is 0.721. The molecule has 0 heterocycles. The van der Waals surface area contributed by atoms with Crippen molar-refractivity contribution in [1.82, 2.24) is 0 Å². The summed E-state index contributed by atoms with van der Waals surface area (Å²) in [5, 5.41) is 0. The summed E-state index contributed by atoms with van der Waals surface area (Å²) in [6.07, 6.45) is 5.37. The van der Waals surface area contributed by atoms with Crippen LogP contribution >= 0.6 is 0 Å². The van der Waals surface area contributed by atoms with Gasteiger partial charge in [0.05, 0.1) is 6.33 Å². The van der Waals surface area contributed by atoms with E-state index >= 15 is 0 Å². The van der Waals surface area contributed by atoms with Crippen LogP contribution in [0.4, 0.5) is 4.39 Å². The predicted octanol–water partition coefficient (Wildman–Crippen LogP) is 3.18. The smallest absolute Gasteiger partial charge is 0.0866 e. The summed E-state index contributed by atoms with van der Waals surface area (Å²) in [6.45, 7) is 0. The van der Waals surface area contributed by atoms with E-state index in [4.69, 9.17) is 0 Å². The van der Waals surface area contributed by atoms with Gasteiger partial charge in [-0.25, -0.2) is 4.39 Å². The fraction of sp³-hybridized carbons (Fsp3) is 0. The summed E-state index contributed by atoms with van der Waals surface area (Å²) in [6, 6.07) is 9.76. The van der Waals surface area contributed by atoms with E-state index in [0.717, 1.165) is 5.56 Å². The van der Waals surface area contributed by atoms with E-state index in [1.165, 1.54) is 6.08 Å². The third-order valence-corrected chi connectivity index (χ3v) is 1.27. The van der Waals surface area contributed by atoms with Crippen LogP contribution in [0.1, 0.15) is 5.56 Å². The topological polar surface area (TPSA) is 0 Å². The average molecular weight is 148 g/mol. The minimum atomic E-state index is 0.513. The third-order valence-electron chi connectivity index (χ3n) is 1.27. The maximum Gasteiger partial charge on any atom is 0.0866 e. The second-order valence-electron chi connectivity index (χ2n) is 2.09. The zero-order chi connectivity index (χ0) is 7.94. The van der Waals surface area contributed by atoms with E-state index in [0.29, 0.717) is 6.33 Å². The van der Waals surface area contributed by atoms with Gasteiger partial charge in [0.15, 0.2) is 0 Å². The molecule has 0 amide bonds. The van der Waals surface area contributed by atoms with E-state index in [9.17, 15) is 4.39 Å². The first-order valence-corrected chi connectivity index (χ1v) is 3.42. The summed E-state index contributed by atoms with van der Waals surface area (Å²) in [4.78, 5) is 0. The largest absolute Gasteiger partial charge is 0.216 e. The predicted molar refractivity (Wildman–Crippen MR) is 45.7 cm³/mol. The lowest BCUT2D eigenvalue weighted by Crippen LogP contribution is -1.66. The lowest BCUT2D eigenvalue weighted by Gasteiger charge is -1.87. The van der Waals surface area contributed by atoms with Crippen molar-refractivity contribution < 1.29 is 4.39 Å². The first-order chi connectivity index (χ1) is 5.43. The molecule has 0 N–H and O–H groups in total. The summed E-state index contributed by atoms with van der Waals surface area (Å²) in [5.74, 6) is 0. The van der Waals surface area contributed by atoms with Gasteiger partial charge >= 0.3 is 0 Å². The van der Waals surface area contributed by atoms with Gasteiger partial charge < -0.3 is 0 Å². The van der Waals surface area contributed by atoms with Gasteiger partial charge in [0.1, 0.15) is 0 Å². The fourth-order valence-corrected chi connectivity index (χ4v) is 0.773. The van der Waals surface area contributed by atoms with Gasteiger partial charge in [-0.1, -0.05) is 42.5 Å². The van der Waals surface area contributed by atoms with Gasteiger partial charge in [0.2, 0.25) is 0 Å². The molecule has 0 aliphatic carbocycles. The highest BCUT2D eigenvalue weighted by molar-refractivity contribution is 5.50. The maximum absolute atomic E-state index is 11.5. The van der Waals surface area contributed by atoms with Crippen LogP contribution in [0.25, 0.3) is 6.08 Å². The SMILES string of the molecule is FC=CC=Cc1ccccc1. The highest BCUT2D eigenvalue weighted by atomic mass is 19.1. The van der Waals surface area contributed by atoms with Crippen molar-refractivity contribution in [1.29, 1.82) is 0 Å². The normalized spacial score (nSPS) is 11.4. The molecule has 0 saturated heterocycles. The zero-order valence-electron chi connectivity index (χ0n) is 6.07. The number of benzene rings is 1. The Morgan fingerprint density at radius 3 is 2.36 bits per heavy atom. The molecule has 0 nitrogen and oxygen atoms in total. The zero-order valence-corrected chi connectivity index (χ0v) is 6.07. The van der Waals surface area contributed by atoms with E-state index in [1.807, 2.05) is 36.4 Å². The molecule has 0 spiro atoms. The Labute approximate surface area is 65.7 Å². The number of hydrogen-bond acceptors (Lipinski definition) is 0. The minimum Gasteiger partial charge on any atom is -0.216 e. The molecule has 56 valence electrons. The highest BCUT2D eigenvalue weighted by Gasteiger charge is 1.78. The van der Waals surface area contributed by atoms with Crippen LogP contribution in [0.3, 0.4) is 0 Å². The van der Waals surface area contributed by atoms with Crippen LogP contribution < -0.4 is 0 Å². The molecular weight excluding hydrogens is 139 g/mol. The Kier molecular flexibility index (Phi) is 3.13. The monoisotopic (exact) mass is 148 g/mol. The molecular formula is C10H9F. The molecule has 0 bridgehead atoms. The number of halogens is 1. The minimum absolute atomic E-state index is 0.513. The van der Waals surface area contributed by atoms with Crippen LogP contribution in [-0.4, -0.2) is 0 Å². The van der Waals surface area contributed by atoms with E-state index in [1.54, 1.807) is 6.08 Å². The first-order valence-electron chi connectivity index (χ1n) is 3.42. The number of hydrogen-bond donors (Lipinski definition) is 0. The molecule has 0 radical (unpaired) electrons. The Hall–Kier alpha value is -1.37. The van der Waals surface area contributed by atoms with Crippen molar-refractivity contribution in [2.24, 2.45) is 0 Å². The van der Waals surface area contributed by atoms with Crippen molar-refractivity contribution in [3.05, 3.63) is 54.4 Å². The Morgan fingerprint density at radius 1 is 1.00 bits per heavy atom. The first kappa shape index (κ1) is 7.73. The van der Waals surface area contributed by atoms with Crippen molar-refractivity contribution in [2.45, 2.75) is 0 Å². The van der Waals surface area contributed by atoms with Crippen LogP contribution in [0.2, 0.25) is 0 Å². The van der Waals surface area contributed by atoms with Crippen molar-refractivity contribution >= 4 is 6.08 Å². The van der Waals surface area contributed by atoms with E-state index in [-0.39, 0.29) is 0 Å². The van der Waals surface area contributed by atoms with Crippen LogP contribution in [0, 0.1) is 0 Å². The summed E-state index contributed by atoms with van der Waals surface area (Å²) >= 11 is 0. The Bertz CT molecular complexity index is 247. The average Bonchev–Trinajstić information content (AvgIpc) is 2.07. The molecule has 1 aromatic rings. The molecule has 0 aromatic heterocycles. The third kappa shape index (κ3) is 2.80. The standard InChI is InChI=1S/C10H9F/c11-9-5-4-8-10-6-2-1-3-7-10/h1-9H. The fourth-order valence-electron chi connectivity index (χ4n) is 0.773. The van der Waals surface area contributed by atoms with Crippen molar-refractivity contribution in [2.75, 3.05) is 0 Å². The van der Waals surface area contributed by atoms with Crippen LogP contribution in [-0.2, 0) is 0 Å². The molecule has 0 saturated carbocycles. The van der Waals surface area contributed by atoms with Crippen molar-refractivity contribution in [3.63, 3.8) is 0 Å². The number of rotatable bonds is 2. The second-order valence-corrected chi connectivity index (χ2v) is 2.09. The van der Waals surface area contributed by atoms with Gasteiger partial charge in [0.25, 0.3) is 0 Å². The molecule has 0 atom stereocenters. The number of allylic oxidation sites excluding steroid dienone is 2. The molecule has 0 aliphatic heterocycles. The van der Waals surface area contributed by atoms with Gasteiger partial charge in [-0.3, -0.25) is 0 Å². The summed E-state index contributed by atoms with van der Waals surface area (Å²) in [7, 11) is 0. The maximum atomic E-state index is 11.5. The molecule has 1 heteroatoms. The molecule has 1 aromatic carbocycles. The Balaban J connectivity index is 2.64. The highest BCUT2D eigenvalue weighted by Crippen LogP contribution is 2.00. The van der Waals surface area contributed by atoms with Gasteiger partial charge in [0, 0.05) is 0 Å². The molecule has 11 heavy (non-hydrogen) atoms. The summed E-state index contributed by atoms with van der Waals surface area (Å²) < 4.78 is 11.5. The van der Waals surface area contributed by atoms with Gasteiger partial charge in [-0.15, -0.1) is 0 Å². The van der Waals surface area contributed by atoms with Gasteiger partial charge in [-0.2, -0.15) is 0 Å². The molecule has 0 unspecified atom stereocenters. The van der Waals surface area contributed by atoms with E-state index in [2.05, 4.69) is 0 Å². The van der Waals surface area contributed by atoms with Crippen LogP contribution in [0.5, 0.6) is 0 Å².